The second-order valence-electron chi connectivity index (χ2n) is 5.01. The molecule has 1 aliphatic rings. The predicted octanol–water partition coefficient (Wildman–Crippen LogP) is 2.90. The van der Waals surface area contributed by atoms with Gasteiger partial charge in [-0.2, -0.15) is 5.10 Å². The molecule has 0 saturated carbocycles. The lowest BCUT2D eigenvalue weighted by Gasteiger charge is -2.30. The highest BCUT2D eigenvalue weighted by Crippen LogP contribution is 2.36. The summed E-state index contributed by atoms with van der Waals surface area (Å²) in [7, 11) is 1.78. The molecular weight excluding hydrogens is 285 g/mol. The molecule has 0 spiro atoms. The normalized spacial score (nSPS) is 24.6. The maximum atomic E-state index is 14.8. The summed E-state index contributed by atoms with van der Waals surface area (Å²) in [5, 5.41) is 7.48. The van der Waals surface area contributed by atoms with E-state index in [0.29, 0.717) is 12.1 Å². The van der Waals surface area contributed by atoms with Gasteiger partial charge in [-0.3, -0.25) is 4.68 Å². The maximum absolute atomic E-state index is 14.8. The van der Waals surface area contributed by atoms with Crippen LogP contribution in [0.25, 0.3) is 0 Å². The van der Waals surface area contributed by atoms with Gasteiger partial charge in [0.15, 0.2) is 5.67 Å². The summed E-state index contributed by atoms with van der Waals surface area (Å²) < 4.78 is 17.2. The molecule has 0 radical (unpaired) electrons. The number of aromatic nitrogens is 2. The smallest absolute Gasteiger partial charge is 0.152 e. The molecule has 1 aliphatic heterocycles. The van der Waals surface area contributed by atoms with Gasteiger partial charge in [0.05, 0.1) is 16.4 Å². The SMILES string of the molecule is Cn1ncc(Br)c1C(C)(F)CC1CCCCN1. The van der Waals surface area contributed by atoms with Crippen molar-refractivity contribution in [3.63, 3.8) is 0 Å². The number of alkyl halides is 1. The Kier molecular flexibility index (Phi) is 3.88. The van der Waals surface area contributed by atoms with Crippen molar-refractivity contribution in [2.45, 2.75) is 44.3 Å². The Labute approximate surface area is 110 Å². The minimum Gasteiger partial charge on any atom is -0.314 e. The largest absolute Gasteiger partial charge is 0.314 e. The Morgan fingerprint density at radius 3 is 2.94 bits per heavy atom. The van der Waals surface area contributed by atoms with Crippen LogP contribution in [0, 0.1) is 0 Å². The molecule has 3 nitrogen and oxygen atoms in total. The third-order valence-corrected chi connectivity index (χ3v) is 4.01. The van der Waals surface area contributed by atoms with Crippen molar-refractivity contribution in [1.82, 2.24) is 15.1 Å². The van der Waals surface area contributed by atoms with Crippen LogP contribution in [0.15, 0.2) is 10.7 Å². The quantitative estimate of drug-likeness (QED) is 0.930. The van der Waals surface area contributed by atoms with E-state index in [1.807, 2.05) is 0 Å². The minimum atomic E-state index is -1.35. The number of hydrogen-bond acceptors (Lipinski definition) is 2. The first-order valence-corrected chi connectivity index (χ1v) is 6.90. The molecule has 1 saturated heterocycles. The summed E-state index contributed by atoms with van der Waals surface area (Å²) in [6.45, 7) is 2.65. The fourth-order valence-corrected chi connectivity index (χ4v) is 3.42. The van der Waals surface area contributed by atoms with E-state index in [0.717, 1.165) is 17.4 Å². The lowest BCUT2D eigenvalue weighted by Crippen LogP contribution is -2.39. The minimum absolute atomic E-state index is 0.278. The lowest BCUT2D eigenvalue weighted by atomic mass is 9.90. The van der Waals surface area contributed by atoms with Crippen molar-refractivity contribution in [3.8, 4) is 0 Å². The van der Waals surface area contributed by atoms with Crippen LogP contribution in [0.4, 0.5) is 4.39 Å². The Hall–Kier alpha value is -0.420. The predicted molar refractivity (Wildman–Crippen MR) is 69.6 cm³/mol. The van der Waals surface area contributed by atoms with E-state index >= 15 is 0 Å². The molecule has 2 heterocycles. The van der Waals surface area contributed by atoms with Crippen LogP contribution >= 0.6 is 15.9 Å². The molecule has 5 heteroatoms. The zero-order valence-corrected chi connectivity index (χ0v) is 11.9. The third-order valence-electron chi connectivity index (χ3n) is 3.43. The second kappa shape index (κ2) is 5.06. The molecule has 2 rings (SSSR count). The van der Waals surface area contributed by atoms with Crippen molar-refractivity contribution in [3.05, 3.63) is 16.4 Å². The summed E-state index contributed by atoms with van der Waals surface area (Å²) in [5.41, 5.74) is -0.719. The summed E-state index contributed by atoms with van der Waals surface area (Å²) in [4.78, 5) is 0. The number of halogens is 2. The molecule has 1 aromatic rings. The number of hydrogen-bond donors (Lipinski definition) is 1. The maximum Gasteiger partial charge on any atom is 0.152 e. The van der Waals surface area contributed by atoms with Gasteiger partial charge >= 0.3 is 0 Å². The van der Waals surface area contributed by atoms with Crippen LogP contribution in [0.2, 0.25) is 0 Å². The van der Waals surface area contributed by atoms with Gasteiger partial charge in [0, 0.05) is 19.5 Å². The van der Waals surface area contributed by atoms with Gasteiger partial charge in [0.2, 0.25) is 0 Å². The molecule has 17 heavy (non-hydrogen) atoms. The van der Waals surface area contributed by atoms with Crippen LogP contribution in [0.1, 0.15) is 38.3 Å². The zero-order valence-electron chi connectivity index (χ0n) is 10.3. The molecule has 1 N–H and O–H groups in total. The highest BCUT2D eigenvalue weighted by atomic mass is 79.9. The van der Waals surface area contributed by atoms with Gasteiger partial charge in [-0.05, 0) is 42.2 Å². The lowest BCUT2D eigenvalue weighted by molar-refractivity contribution is 0.135. The first-order chi connectivity index (χ1) is 8.00. The van der Waals surface area contributed by atoms with E-state index in [4.69, 9.17) is 0 Å². The van der Waals surface area contributed by atoms with E-state index < -0.39 is 5.67 Å². The molecule has 0 aromatic carbocycles. The van der Waals surface area contributed by atoms with Crippen molar-refractivity contribution in [1.29, 1.82) is 0 Å². The Morgan fingerprint density at radius 1 is 1.65 bits per heavy atom. The second-order valence-corrected chi connectivity index (χ2v) is 5.87. The van der Waals surface area contributed by atoms with Gasteiger partial charge in [0.1, 0.15) is 0 Å². The molecule has 0 aliphatic carbocycles. The van der Waals surface area contributed by atoms with E-state index in [1.165, 1.54) is 12.8 Å². The Bertz CT molecular complexity index is 364. The number of nitrogens with zero attached hydrogens (tertiary/aromatic N) is 2. The van der Waals surface area contributed by atoms with E-state index in [9.17, 15) is 4.39 Å². The average molecular weight is 304 g/mol. The standard InChI is InChI=1S/C12H19BrFN3/c1-12(14,7-9-5-3-4-6-15-9)11-10(13)8-16-17(11)2/h8-9,15H,3-7H2,1-2H3. The van der Waals surface area contributed by atoms with Gasteiger partial charge in [-0.1, -0.05) is 6.42 Å². The van der Waals surface area contributed by atoms with E-state index in [2.05, 4.69) is 26.3 Å². The van der Waals surface area contributed by atoms with Crippen LogP contribution in [-0.2, 0) is 12.7 Å². The number of nitrogens with one attached hydrogen (secondary N) is 1. The Balaban J connectivity index is 2.12. The van der Waals surface area contributed by atoms with E-state index in [1.54, 1.807) is 24.9 Å². The van der Waals surface area contributed by atoms with Crippen molar-refractivity contribution in [2.75, 3.05) is 6.54 Å². The molecular formula is C12H19BrFN3. The molecule has 0 amide bonds. The molecule has 1 aromatic heterocycles. The topological polar surface area (TPSA) is 29.9 Å². The Morgan fingerprint density at radius 2 is 2.41 bits per heavy atom. The van der Waals surface area contributed by atoms with Crippen LogP contribution < -0.4 is 5.32 Å². The van der Waals surface area contributed by atoms with Gasteiger partial charge in [0.25, 0.3) is 0 Å². The highest BCUT2D eigenvalue weighted by Gasteiger charge is 2.34. The first-order valence-electron chi connectivity index (χ1n) is 6.11. The molecule has 2 atom stereocenters. The highest BCUT2D eigenvalue weighted by molar-refractivity contribution is 9.10. The third kappa shape index (κ3) is 2.88. The van der Waals surface area contributed by atoms with Gasteiger partial charge < -0.3 is 5.32 Å². The van der Waals surface area contributed by atoms with Gasteiger partial charge in [-0.15, -0.1) is 0 Å². The fourth-order valence-electron chi connectivity index (χ4n) is 2.65. The molecule has 1 fully saturated rings. The first kappa shape index (κ1) is 13.0. The fraction of sp³-hybridized carbons (Fsp3) is 0.750. The monoisotopic (exact) mass is 303 g/mol. The number of aryl methyl sites for hydroxylation is 1. The van der Waals surface area contributed by atoms with Crippen molar-refractivity contribution >= 4 is 15.9 Å². The summed E-state index contributed by atoms with van der Waals surface area (Å²) >= 11 is 3.37. The van der Waals surface area contributed by atoms with Crippen LogP contribution in [-0.4, -0.2) is 22.4 Å². The van der Waals surface area contributed by atoms with Gasteiger partial charge in [-0.25, -0.2) is 4.39 Å². The van der Waals surface area contributed by atoms with Crippen LogP contribution in [0.5, 0.6) is 0 Å². The average Bonchev–Trinajstić information content (AvgIpc) is 2.59. The number of rotatable bonds is 3. The molecule has 96 valence electrons. The van der Waals surface area contributed by atoms with Crippen molar-refractivity contribution in [2.24, 2.45) is 7.05 Å². The molecule has 2 unspecified atom stereocenters. The number of piperidine rings is 1. The van der Waals surface area contributed by atoms with E-state index in [-0.39, 0.29) is 6.04 Å². The summed E-state index contributed by atoms with van der Waals surface area (Å²) in [6, 6.07) is 0.278. The molecule has 0 bridgehead atoms. The summed E-state index contributed by atoms with van der Waals surface area (Å²) in [5.74, 6) is 0. The zero-order chi connectivity index (χ0) is 12.5. The van der Waals surface area contributed by atoms with Crippen molar-refractivity contribution < 1.29 is 4.39 Å². The summed E-state index contributed by atoms with van der Waals surface area (Å²) in [6.07, 6.45) is 5.62. The van der Waals surface area contributed by atoms with Crippen LogP contribution in [0.3, 0.4) is 0 Å².